The summed E-state index contributed by atoms with van der Waals surface area (Å²) in [6.07, 6.45) is 1.75. The van der Waals surface area contributed by atoms with Gasteiger partial charge < -0.3 is 10.4 Å². The van der Waals surface area contributed by atoms with Gasteiger partial charge in [-0.05, 0) is 24.3 Å². The summed E-state index contributed by atoms with van der Waals surface area (Å²) in [5, 5.41) is 17.5. The number of aromatic nitrogens is 2. The molecule has 20 heavy (non-hydrogen) atoms. The van der Waals surface area contributed by atoms with E-state index < -0.39 is 0 Å². The standard InChI is InChI=1S/C15H13N3O2/c1-18-13-8-10(6-7-11(13)9-16-18)15(20)17-12-4-2-3-5-14(12)19/h2-9,19H,1H3,(H,17,20). The molecule has 1 aromatic heterocycles. The van der Waals surface area contributed by atoms with Crippen LogP contribution in [0.25, 0.3) is 10.9 Å². The summed E-state index contributed by atoms with van der Waals surface area (Å²) < 4.78 is 1.71. The van der Waals surface area contributed by atoms with Gasteiger partial charge in [0.05, 0.1) is 17.4 Å². The Labute approximate surface area is 115 Å². The molecule has 0 aliphatic heterocycles. The lowest BCUT2D eigenvalue weighted by Crippen LogP contribution is -2.12. The predicted octanol–water partition coefficient (Wildman–Crippen LogP) is 2.53. The molecule has 0 aliphatic rings. The number of phenolic OH excluding ortho intramolecular Hbond substituents is 1. The first-order valence-corrected chi connectivity index (χ1v) is 6.16. The minimum Gasteiger partial charge on any atom is -0.506 e. The van der Waals surface area contributed by atoms with Crippen molar-refractivity contribution in [1.82, 2.24) is 9.78 Å². The highest BCUT2D eigenvalue weighted by atomic mass is 16.3. The average molecular weight is 267 g/mol. The lowest BCUT2D eigenvalue weighted by Gasteiger charge is -2.07. The number of fused-ring (bicyclic) bond motifs is 1. The van der Waals surface area contributed by atoms with Gasteiger partial charge in [0.1, 0.15) is 5.75 Å². The Morgan fingerprint density at radius 1 is 1.25 bits per heavy atom. The van der Waals surface area contributed by atoms with E-state index in [2.05, 4.69) is 10.4 Å². The van der Waals surface area contributed by atoms with E-state index in [-0.39, 0.29) is 11.7 Å². The summed E-state index contributed by atoms with van der Waals surface area (Å²) >= 11 is 0. The fraction of sp³-hybridized carbons (Fsp3) is 0.0667. The fourth-order valence-electron chi connectivity index (χ4n) is 2.06. The largest absolute Gasteiger partial charge is 0.506 e. The maximum absolute atomic E-state index is 12.2. The first-order valence-electron chi connectivity index (χ1n) is 6.16. The number of carbonyl (C=O) groups excluding carboxylic acids is 1. The Balaban J connectivity index is 1.92. The molecule has 2 aromatic carbocycles. The maximum Gasteiger partial charge on any atom is 0.255 e. The summed E-state index contributed by atoms with van der Waals surface area (Å²) in [5.41, 5.74) is 1.79. The smallest absolute Gasteiger partial charge is 0.255 e. The molecule has 5 heteroatoms. The summed E-state index contributed by atoms with van der Waals surface area (Å²) in [7, 11) is 1.83. The number of benzene rings is 2. The Morgan fingerprint density at radius 3 is 2.85 bits per heavy atom. The number of nitrogens with one attached hydrogen (secondary N) is 1. The first-order chi connectivity index (χ1) is 9.65. The molecule has 0 spiro atoms. The molecular weight excluding hydrogens is 254 g/mol. The third-order valence-corrected chi connectivity index (χ3v) is 3.16. The number of carbonyl (C=O) groups is 1. The van der Waals surface area contributed by atoms with E-state index in [4.69, 9.17) is 0 Å². The number of aromatic hydroxyl groups is 1. The lowest BCUT2D eigenvalue weighted by molar-refractivity contribution is 0.102. The third kappa shape index (κ3) is 2.09. The lowest BCUT2D eigenvalue weighted by atomic mass is 10.1. The van der Waals surface area contributed by atoms with Crippen LogP contribution in [0, 0.1) is 0 Å². The monoisotopic (exact) mass is 267 g/mol. The molecule has 0 atom stereocenters. The second-order valence-corrected chi connectivity index (χ2v) is 4.51. The van der Waals surface area contributed by atoms with Crippen molar-refractivity contribution >= 4 is 22.5 Å². The third-order valence-electron chi connectivity index (χ3n) is 3.16. The van der Waals surface area contributed by atoms with Gasteiger partial charge in [-0.1, -0.05) is 18.2 Å². The van der Waals surface area contributed by atoms with Gasteiger partial charge in [0.25, 0.3) is 5.91 Å². The highest BCUT2D eigenvalue weighted by Gasteiger charge is 2.10. The van der Waals surface area contributed by atoms with Crippen molar-refractivity contribution in [2.45, 2.75) is 0 Å². The zero-order valence-electron chi connectivity index (χ0n) is 10.9. The molecule has 2 N–H and O–H groups in total. The number of hydrogen-bond donors (Lipinski definition) is 2. The van der Waals surface area contributed by atoms with Crippen LogP contribution in [-0.2, 0) is 7.05 Å². The van der Waals surface area contributed by atoms with Gasteiger partial charge in [-0.2, -0.15) is 5.10 Å². The highest BCUT2D eigenvalue weighted by Crippen LogP contribution is 2.23. The summed E-state index contributed by atoms with van der Waals surface area (Å²) in [5.74, 6) is -0.225. The Morgan fingerprint density at radius 2 is 2.05 bits per heavy atom. The molecule has 0 saturated carbocycles. The number of rotatable bonds is 2. The molecule has 0 saturated heterocycles. The van der Waals surface area contributed by atoms with Crippen LogP contribution in [0.3, 0.4) is 0 Å². The Kier molecular flexibility index (Phi) is 2.87. The van der Waals surface area contributed by atoms with Crippen LogP contribution < -0.4 is 5.32 Å². The summed E-state index contributed by atoms with van der Waals surface area (Å²) in [4.78, 5) is 12.2. The predicted molar refractivity (Wildman–Crippen MR) is 76.8 cm³/mol. The number of para-hydroxylation sites is 2. The summed E-state index contributed by atoms with van der Waals surface area (Å²) in [6, 6.07) is 12.0. The van der Waals surface area contributed by atoms with Crippen molar-refractivity contribution in [1.29, 1.82) is 0 Å². The fourth-order valence-corrected chi connectivity index (χ4v) is 2.06. The number of nitrogens with zero attached hydrogens (tertiary/aromatic N) is 2. The molecule has 0 aliphatic carbocycles. The molecule has 3 aromatic rings. The quantitative estimate of drug-likeness (QED) is 0.701. The SMILES string of the molecule is Cn1ncc2ccc(C(=O)Nc3ccccc3O)cc21. The highest BCUT2D eigenvalue weighted by molar-refractivity contribution is 6.06. The molecule has 1 heterocycles. The first kappa shape index (κ1) is 12.2. The van der Waals surface area contributed by atoms with Gasteiger partial charge in [0, 0.05) is 18.0 Å². The van der Waals surface area contributed by atoms with Crippen LogP contribution in [0.4, 0.5) is 5.69 Å². The van der Waals surface area contributed by atoms with Gasteiger partial charge in [0.15, 0.2) is 0 Å². The maximum atomic E-state index is 12.2. The molecule has 0 fully saturated rings. The number of aryl methyl sites for hydroxylation is 1. The van der Waals surface area contributed by atoms with Crippen LogP contribution in [0.2, 0.25) is 0 Å². The van der Waals surface area contributed by atoms with E-state index in [1.54, 1.807) is 41.2 Å². The second kappa shape index (κ2) is 4.70. The van der Waals surface area contributed by atoms with Crippen molar-refractivity contribution in [3.63, 3.8) is 0 Å². The summed E-state index contributed by atoms with van der Waals surface area (Å²) in [6.45, 7) is 0. The zero-order chi connectivity index (χ0) is 14.1. The van der Waals surface area contributed by atoms with E-state index >= 15 is 0 Å². The molecule has 100 valence electrons. The minimum absolute atomic E-state index is 0.0439. The molecule has 0 unspecified atom stereocenters. The topological polar surface area (TPSA) is 67.2 Å². The van der Waals surface area contributed by atoms with Gasteiger partial charge in [-0.15, -0.1) is 0 Å². The van der Waals surface area contributed by atoms with Crippen molar-refractivity contribution in [3.05, 3.63) is 54.2 Å². The van der Waals surface area contributed by atoms with Crippen molar-refractivity contribution in [3.8, 4) is 5.75 Å². The van der Waals surface area contributed by atoms with Crippen molar-refractivity contribution in [2.24, 2.45) is 7.05 Å². The number of phenols is 1. The van der Waals surface area contributed by atoms with E-state index in [1.807, 2.05) is 13.1 Å². The Hall–Kier alpha value is -2.82. The van der Waals surface area contributed by atoms with Crippen LogP contribution in [0.5, 0.6) is 5.75 Å². The molecule has 0 radical (unpaired) electrons. The zero-order valence-corrected chi connectivity index (χ0v) is 10.9. The van der Waals surface area contributed by atoms with E-state index in [0.29, 0.717) is 11.3 Å². The van der Waals surface area contributed by atoms with Gasteiger partial charge in [0.2, 0.25) is 0 Å². The number of anilines is 1. The minimum atomic E-state index is -0.269. The van der Waals surface area contributed by atoms with Gasteiger partial charge in [-0.3, -0.25) is 9.48 Å². The van der Waals surface area contributed by atoms with Crippen LogP contribution in [0.1, 0.15) is 10.4 Å². The van der Waals surface area contributed by atoms with Gasteiger partial charge in [-0.25, -0.2) is 0 Å². The second-order valence-electron chi connectivity index (χ2n) is 4.51. The average Bonchev–Trinajstić information content (AvgIpc) is 2.82. The molecule has 1 amide bonds. The van der Waals surface area contributed by atoms with E-state index in [9.17, 15) is 9.90 Å². The Bertz CT molecular complexity index is 793. The molecular formula is C15H13N3O2. The number of amides is 1. The van der Waals surface area contributed by atoms with E-state index in [1.165, 1.54) is 6.07 Å². The van der Waals surface area contributed by atoms with Crippen LogP contribution >= 0.6 is 0 Å². The molecule has 5 nitrogen and oxygen atoms in total. The van der Waals surface area contributed by atoms with Crippen molar-refractivity contribution in [2.75, 3.05) is 5.32 Å². The van der Waals surface area contributed by atoms with Gasteiger partial charge >= 0.3 is 0 Å². The van der Waals surface area contributed by atoms with Crippen LogP contribution in [0.15, 0.2) is 48.7 Å². The molecule has 3 rings (SSSR count). The molecule has 0 bridgehead atoms. The number of hydrogen-bond acceptors (Lipinski definition) is 3. The normalized spacial score (nSPS) is 10.7. The van der Waals surface area contributed by atoms with E-state index in [0.717, 1.165) is 10.9 Å². The van der Waals surface area contributed by atoms with Crippen molar-refractivity contribution < 1.29 is 9.90 Å². The van der Waals surface area contributed by atoms with Crippen LogP contribution in [-0.4, -0.2) is 20.8 Å².